The van der Waals surface area contributed by atoms with E-state index in [0.29, 0.717) is 17.8 Å². The number of hydrogen-bond donors (Lipinski definition) is 1. The molecule has 3 aromatic rings. The highest BCUT2D eigenvalue weighted by molar-refractivity contribution is 7.18. The second-order valence-electron chi connectivity index (χ2n) is 7.71. The fourth-order valence-corrected chi connectivity index (χ4v) is 4.63. The molecular formula is C23H30N4O2S. The second kappa shape index (κ2) is 9.10. The number of fused-ring (bicyclic) bond motifs is 1. The van der Waals surface area contributed by atoms with Crippen LogP contribution in [-0.2, 0) is 17.9 Å². The Bertz CT molecular complexity index is 1140. The van der Waals surface area contributed by atoms with Crippen molar-refractivity contribution in [3.8, 4) is 0 Å². The van der Waals surface area contributed by atoms with Crippen LogP contribution in [0.5, 0.6) is 0 Å². The number of amides is 1. The number of anilines is 1. The van der Waals surface area contributed by atoms with Gasteiger partial charge >= 0.3 is 0 Å². The van der Waals surface area contributed by atoms with Gasteiger partial charge in [0.2, 0.25) is 5.91 Å². The normalized spacial score (nSPS) is 11.4. The summed E-state index contributed by atoms with van der Waals surface area (Å²) < 4.78 is 1.54. The van der Waals surface area contributed by atoms with Crippen molar-refractivity contribution in [1.82, 2.24) is 14.5 Å². The van der Waals surface area contributed by atoms with Crippen molar-refractivity contribution in [3.05, 3.63) is 55.9 Å². The molecule has 0 aliphatic heterocycles. The van der Waals surface area contributed by atoms with Crippen molar-refractivity contribution < 1.29 is 4.79 Å². The Kier molecular flexibility index (Phi) is 6.73. The smallest absolute Gasteiger partial charge is 0.263 e. The molecule has 7 heteroatoms. The maximum atomic E-state index is 13.4. The molecule has 0 aliphatic rings. The van der Waals surface area contributed by atoms with Gasteiger partial charge in [0.1, 0.15) is 17.2 Å². The molecule has 160 valence electrons. The lowest BCUT2D eigenvalue weighted by Gasteiger charge is -2.20. The van der Waals surface area contributed by atoms with Crippen LogP contribution in [0.3, 0.4) is 0 Å². The SMILES string of the molecule is CCN(CC)Cc1nc2sc(C)c(C)c2c(=O)n1CC(=O)Nc1ccc(C)cc1C. The summed E-state index contributed by atoms with van der Waals surface area (Å²) in [5.41, 5.74) is 3.71. The first-order valence-corrected chi connectivity index (χ1v) is 11.2. The van der Waals surface area contributed by atoms with Gasteiger partial charge in [0.25, 0.3) is 5.56 Å². The van der Waals surface area contributed by atoms with Crippen molar-refractivity contribution in [2.75, 3.05) is 18.4 Å². The molecule has 1 amide bonds. The first-order valence-electron chi connectivity index (χ1n) is 10.3. The number of rotatable bonds is 7. The van der Waals surface area contributed by atoms with Gasteiger partial charge in [-0.15, -0.1) is 11.3 Å². The van der Waals surface area contributed by atoms with Crippen molar-refractivity contribution >= 4 is 33.1 Å². The molecule has 0 bridgehead atoms. The minimum Gasteiger partial charge on any atom is -0.324 e. The molecule has 1 N–H and O–H groups in total. The van der Waals surface area contributed by atoms with Crippen molar-refractivity contribution in [3.63, 3.8) is 0 Å². The second-order valence-corrected chi connectivity index (χ2v) is 8.91. The molecule has 30 heavy (non-hydrogen) atoms. The van der Waals surface area contributed by atoms with E-state index in [1.54, 1.807) is 4.57 Å². The van der Waals surface area contributed by atoms with Crippen LogP contribution in [0.1, 0.15) is 41.2 Å². The number of aryl methyl sites for hydroxylation is 4. The van der Waals surface area contributed by atoms with E-state index in [9.17, 15) is 9.59 Å². The maximum Gasteiger partial charge on any atom is 0.263 e. The minimum absolute atomic E-state index is 0.0555. The van der Waals surface area contributed by atoms with Crippen LogP contribution in [0.4, 0.5) is 5.69 Å². The van der Waals surface area contributed by atoms with Crippen LogP contribution in [-0.4, -0.2) is 33.4 Å². The van der Waals surface area contributed by atoms with E-state index in [0.717, 1.165) is 45.2 Å². The zero-order valence-electron chi connectivity index (χ0n) is 18.6. The summed E-state index contributed by atoms with van der Waals surface area (Å²) >= 11 is 1.54. The van der Waals surface area contributed by atoms with Crippen LogP contribution < -0.4 is 10.9 Å². The molecule has 0 fully saturated rings. The van der Waals surface area contributed by atoms with Gasteiger partial charge in [0.05, 0.1) is 11.9 Å². The molecule has 0 spiro atoms. The number of benzene rings is 1. The highest BCUT2D eigenvalue weighted by atomic mass is 32.1. The Morgan fingerprint density at radius 1 is 1.17 bits per heavy atom. The fourth-order valence-electron chi connectivity index (χ4n) is 3.59. The average Bonchev–Trinajstić information content (AvgIpc) is 2.98. The lowest BCUT2D eigenvalue weighted by Crippen LogP contribution is -2.34. The summed E-state index contributed by atoms with van der Waals surface area (Å²) in [6, 6.07) is 5.89. The van der Waals surface area contributed by atoms with Gasteiger partial charge in [-0.05, 0) is 58.0 Å². The fraction of sp³-hybridized carbons (Fsp3) is 0.435. The van der Waals surface area contributed by atoms with Crippen LogP contribution in [0.25, 0.3) is 10.2 Å². The van der Waals surface area contributed by atoms with Gasteiger partial charge in [-0.3, -0.25) is 19.1 Å². The zero-order valence-corrected chi connectivity index (χ0v) is 19.4. The highest BCUT2D eigenvalue weighted by Crippen LogP contribution is 2.26. The third-order valence-electron chi connectivity index (χ3n) is 5.59. The van der Waals surface area contributed by atoms with E-state index in [1.165, 1.54) is 11.3 Å². The molecule has 0 saturated carbocycles. The van der Waals surface area contributed by atoms with Crippen molar-refractivity contribution in [2.24, 2.45) is 0 Å². The number of aromatic nitrogens is 2. The third kappa shape index (κ3) is 4.47. The highest BCUT2D eigenvalue weighted by Gasteiger charge is 2.19. The number of hydrogen-bond acceptors (Lipinski definition) is 5. The van der Waals surface area contributed by atoms with Crippen molar-refractivity contribution in [1.29, 1.82) is 0 Å². The van der Waals surface area contributed by atoms with E-state index in [4.69, 9.17) is 4.98 Å². The number of nitrogens with zero attached hydrogens (tertiary/aromatic N) is 3. The standard InChI is InChI=1S/C23H30N4O2S/c1-7-26(8-2)12-19-25-22-21(16(5)17(6)30-22)23(29)27(19)13-20(28)24-18-10-9-14(3)11-15(18)4/h9-11H,7-8,12-13H2,1-6H3,(H,24,28). The Labute approximate surface area is 181 Å². The lowest BCUT2D eigenvalue weighted by molar-refractivity contribution is -0.116. The molecule has 0 atom stereocenters. The maximum absolute atomic E-state index is 13.4. The Morgan fingerprint density at radius 3 is 2.50 bits per heavy atom. The first-order chi connectivity index (χ1) is 14.2. The van der Waals surface area contributed by atoms with Gasteiger partial charge in [-0.1, -0.05) is 31.5 Å². The summed E-state index contributed by atoms with van der Waals surface area (Å²) in [4.78, 5) is 35.1. The summed E-state index contributed by atoms with van der Waals surface area (Å²) in [5, 5.41) is 3.58. The third-order valence-corrected chi connectivity index (χ3v) is 6.69. The summed E-state index contributed by atoms with van der Waals surface area (Å²) in [6.45, 7) is 14.3. The quantitative estimate of drug-likeness (QED) is 0.616. The molecule has 0 radical (unpaired) electrons. The number of nitrogens with one attached hydrogen (secondary N) is 1. The zero-order chi connectivity index (χ0) is 22.0. The Balaban J connectivity index is 2.01. The number of carbonyl (C=O) groups excluding carboxylic acids is 1. The molecule has 2 heterocycles. The summed E-state index contributed by atoms with van der Waals surface area (Å²) in [7, 11) is 0. The molecule has 1 aromatic carbocycles. The van der Waals surface area contributed by atoms with Crippen LogP contribution >= 0.6 is 11.3 Å². The minimum atomic E-state index is -0.226. The number of thiophene rings is 1. The molecule has 6 nitrogen and oxygen atoms in total. The number of carbonyl (C=O) groups is 1. The largest absolute Gasteiger partial charge is 0.324 e. The van der Waals surface area contributed by atoms with Crippen LogP contribution in [0.2, 0.25) is 0 Å². The van der Waals surface area contributed by atoms with E-state index in [-0.39, 0.29) is 18.0 Å². The topological polar surface area (TPSA) is 67.2 Å². The van der Waals surface area contributed by atoms with Gasteiger partial charge < -0.3 is 5.32 Å². The first kappa shape index (κ1) is 22.2. The molecular weight excluding hydrogens is 396 g/mol. The van der Waals surface area contributed by atoms with Gasteiger partial charge in [0, 0.05) is 10.6 Å². The predicted molar refractivity (Wildman–Crippen MR) is 125 cm³/mol. The van der Waals surface area contributed by atoms with E-state index in [1.807, 2.05) is 45.9 Å². The monoisotopic (exact) mass is 426 g/mol. The average molecular weight is 427 g/mol. The van der Waals surface area contributed by atoms with Crippen LogP contribution in [0.15, 0.2) is 23.0 Å². The predicted octanol–water partition coefficient (Wildman–Crippen LogP) is 4.17. The molecule has 0 aliphatic carbocycles. The Hall–Kier alpha value is -2.51. The molecule has 0 unspecified atom stereocenters. The van der Waals surface area contributed by atoms with E-state index in [2.05, 4.69) is 24.1 Å². The Morgan fingerprint density at radius 2 is 1.87 bits per heavy atom. The van der Waals surface area contributed by atoms with Crippen molar-refractivity contribution in [2.45, 2.75) is 54.6 Å². The van der Waals surface area contributed by atoms with E-state index >= 15 is 0 Å². The van der Waals surface area contributed by atoms with Gasteiger partial charge in [0.15, 0.2) is 0 Å². The summed E-state index contributed by atoms with van der Waals surface area (Å²) in [6.07, 6.45) is 0. The molecule has 2 aromatic heterocycles. The lowest BCUT2D eigenvalue weighted by atomic mass is 10.1. The van der Waals surface area contributed by atoms with Gasteiger partial charge in [-0.25, -0.2) is 4.98 Å². The van der Waals surface area contributed by atoms with Gasteiger partial charge in [-0.2, -0.15) is 0 Å². The van der Waals surface area contributed by atoms with Crippen LogP contribution in [0, 0.1) is 27.7 Å². The van der Waals surface area contributed by atoms with E-state index < -0.39 is 0 Å². The molecule has 0 saturated heterocycles. The summed E-state index contributed by atoms with van der Waals surface area (Å²) in [5.74, 6) is 0.406. The molecule has 3 rings (SSSR count).